The molecule has 0 radical (unpaired) electrons. The van der Waals surface area contributed by atoms with Crippen LogP contribution < -0.4 is 5.32 Å². The van der Waals surface area contributed by atoms with Crippen LogP contribution in [0.25, 0.3) is 11.1 Å². The summed E-state index contributed by atoms with van der Waals surface area (Å²) in [5.74, 6) is -1.74. The SMILES string of the molecule is CCC(C(=O)O)C(NC(=O)OCC1c2ccccc2-c2ccccc21)c1ccccc1. The summed E-state index contributed by atoms with van der Waals surface area (Å²) in [5.41, 5.74) is 5.32. The Hall–Kier alpha value is -3.60. The molecule has 2 atom stereocenters. The van der Waals surface area contributed by atoms with Crippen molar-refractivity contribution in [1.82, 2.24) is 5.32 Å². The van der Waals surface area contributed by atoms with Crippen molar-refractivity contribution in [2.24, 2.45) is 5.92 Å². The quantitative estimate of drug-likeness (QED) is 0.543. The first-order valence-corrected chi connectivity index (χ1v) is 10.5. The summed E-state index contributed by atoms with van der Waals surface area (Å²) in [7, 11) is 0. The molecule has 0 spiro atoms. The molecule has 0 fully saturated rings. The van der Waals surface area contributed by atoms with Crippen LogP contribution in [-0.2, 0) is 9.53 Å². The predicted molar refractivity (Wildman–Crippen MR) is 119 cm³/mol. The molecule has 4 rings (SSSR count). The normalized spacial score (nSPS) is 14.2. The van der Waals surface area contributed by atoms with E-state index in [1.54, 1.807) is 6.92 Å². The number of fused-ring (bicyclic) bond motifs is 3. The Labute approximate surface area is 181 Å². The minimum atomic E-state index is -0.949. The summed E-state index contributed by atoms with van der Waals surface area (Å²) in [6, 6.07) is 24.8. The Kier molecular flexibility index (Phi) is 6.03. The van der Waals surface area contributed by atoms with Crippen molar-refractivity contribution in [3.8, 4) is 11.1 Å². The number of aliphatic carboxylic acids is 1. The van der Waals surface area contributed by atoms with Gasteiger partial charge in [0, 0.05) is 5.92 Å². The van der Waals surface area contributed by atoms with E-state index < -0.39 is 24.0 Å². The third-order valence-electron chi connectivity index (χ3n) is 5.94. The van der Waals surface area contributed by atoms with Gasteiger partial charge in [0.25, 0.3) is 0 Å². The first-order valence-electron chi connectivity index (χ1n) is 10.5. The average molecular weight is 415 g/mol. The molecule has 1 aliphatic carbocycles. The highest BCUT2D eigenvalue weighted by atomic mass is 16.5. The molecule has 0 aromatic heterocycles. The van der Waals surface area contributed by atoms with E-state index in [1.807, 2.05) is 54.6 Å². The lowest BCUT2D eigenvalue weighted by Gasteiger charge is -2.25. The number of ether oxygens (including phenoxy) is 1. The fraction of sp³-hybridized carbons (Fsp3) is 0.231. The third kappa shape index (κ3) is 4.17. The van der Waals surface area contributed by atoms with Gasteiger partial charge in [0.1, 0.15) is 6.61 Å². The molecule has 2 unspecified atom stereocenters. The van der Waals surface area contributed by atoms with Gasteiger partial charge in [-0.2, -0.15) is 0 Å². The van der Waals surface area contributed by atoms with Crippen molar-refractivity contribution >= 4 is 12.1 Å². The molecule has 0 bridgehead atoms. The van der Waals surface area contributed by atoms with Crippen LogP contribution in [0.5, 0.6) is 0 Å². The van der Waals surface area contributed by atoms with Crippen molar-refractivity contribution in [1.29, 1.82) is 0 Å². The topological polar surface area (TPSA) is 75.6 Å². The summed E-state index contributed by atoms with van der Waals surface area (Å²) in [4.78, 5) is 24.5. The number of nitrogens with one attached hydrogen (secondary N) is 1. The second-order valence-electron chi connectivity index (χ2n) is 7.71. The number of hydrogen-bond acceptors (Lipinski definition) is 3. The molecule has 158 valence electrons. The van der Waals surface area contributed by atoms with E-state index in [4.69, 9.17) is 4.74 Å². The molecule has 3 aromatic carbocycles. The maximum absolute atomic E-state index is 12.7. The van der Waals surface area contributed by atoms with E-state index in [9.17, 15) is 14.7 Å². The van der Waals surface area contributed by atoms with Gasteiger partial charge in [-0.25, -0.2) is 4.79 Å². The van der Waals surface area contributed by atoms with Gasteiger partial charge in [0.15, 0.2) is 0 Å². The van der Waals surface area contributed by atoms with E-state index in [0.717, 1.165) is 27.8 Å². The molecule has 0 heterocycles. The largest absolute Gasteiger partial charge is 0.481 e. The van der Waals surface area contributed by atoms with Gasteiger partial charge >= 0.3 is 12.1 Å². The van der Waals surface area contributed by atoms with Gasteiger partial charge in [-0.1, -0.05) is 85.8 Å². The smallest absolute Gasteiger partial charge is 0.407 e. The van der Waals surface area contributed by atoms with Crippen LogP contribution >= 0.6 is 0 Å². The van der Waals surface area contributed by atoms with E-state index in [-0.39, 0.29) is 12.5 Å². The first kappa shape index (κ1) is 20.7. The van der Waals surface area contributed by atoms with E-state index in [0.29, 0.717) is 6.42 Å². The highest BCUT2D eigenvalue weighted by molar-refractivity contribution is 5.79. The number of rotatable bonds is 7. The van der Waals surface area contributed by atoms with Gasteiger partial charge in [-0.15, -0.1) is 0 Å². The number of alkyl carbamates (subject to hydrolysis) is 1. The van der Waals surface area contributed by atoms with Gasteiger partial charge in [0.2, 0.25) is 0 Å². The Bertz CT molecular complexity index is 1030. The Morgan fingerprint density at radius 2 is 1.45 bits per heavy atom. The van der Waals surface area contributed by atoms with Crippen LogP contribution in [0, 0.1) is 5.92 Å². The second kappa shape index (κ2) is 9.04. The molecular formula is C26H25NO4. The molecule has 0 saturated carbocycles. The van der Waals surface area contributed by atoms with Crippen LogP contribution in [0.3, 0.4) is 0 Å². The standard InChI is InChI=1S/C26H25NO4/c1-2-18(25(28)29)24(17-10-4-3-5-11-17)27-26(30)31-16-23-21-14-8-6-12-19(21)20-13-7-9-15-22(20)23/h3-15,18,23-24H,2,16H2,1H3,(H,27,30)(H,28,29). The Morgan fingerprint density at radius 3 is 2.00 bits per heavy atom. The molecular weight excluding hydrogens is 390 g/mol. The number of hydrogen-bond donors (Lipinski definition) is 2. The summed E-state index contributed by atoms with van der Waals surface area (Å²) in [6.45, 7) is 1.99. The molecule has 3 aromatic rings. The van der Waals surface area contributed by atoms with Crippen molar-refractivity contribution in [3.05, 3.63) is 95.6 Å². The van der Waals surface area contributed by atoms with Crippen LogP contribution in [0.4, 0.5) is 4.79 Å². The predicted octanol–water partition coefficient (Wildman–Crippen LogP) is 5.38. The van der Waals surface area contributed by atoms with Gasteiger partial charge in [-0.3, -0.25) is 4.79 Å². The fourth-order valence-electron chi connectivity index (χ4n) is 4.40. The summed E-state index contributed by atoms with van der Waals surface area (Å²) < 4.78 is 5.62. The number of carboxylic acids is 1. The van der Waals surface area contributed by atoms with E-state index in [1.165, 1.54) is 0 Å². The molecule has 2 N–H and O–H groups in total. The Morgan fingerprint density at radius 1 is 0.903 bits per heavy atom. The van der Waals surface area contributed by atoms with Crippen molar-refractivity contribution in [2.45, 2.75) is 25.3 Å². The molecule has 0 aliphatic heterocycles. The highest BCUT2D eigenvalue weighted by Gasteiger charge is 2.32. The maximum atomic E-state index is 12.7. The monoisotopic (exact) mass is 415 g/mol. The lowest BCUT2D eigenvalue weighted by atomic mass is 9.91. The van der Waals surface area contributed by atoms with Crippen molar-refractivity contribution < 1.29 is 19.4 Å². The van der Waals surface area contributed by atoms with Crippen LogP contribution in [0.15, 0.2) is 78.9 Å². The number of carbonyl (C=O) groups excluding carboxylic acids is 1. The summed E-state index contributed by atoms with van der Waals surface area (Å²) in [6.07, 6.45) is -0.228. The number of amides is 1. The molecule has 5 heteroatoms. The molecule has 31 heavy (non-hydrogen) atoms. The van der Waals surface area contributed by atoms with Gasteiger partial charge in [-0.05, 0) is 34.2 Å². The maximum Gasteiger partial charge on any atom is 0.407 e. The highest BCUT2D eigenvalue weighted by Crippen LogP contribution is 2.44. The zero-order valence-electron chi connectivity index (χ0n) is 17.3. The zero-order valence-corrected chi connectivity index (χ0v) is 17.3. The minimum absolute atomic E-state index is 0.0465. The third-order valence-corrected chi connectivity index (χ3v) is 5.94. The molecule has 0 saturated heterocycles. The second-order valence-corrected chi connectivity index (χ2v) is 7.71. The van der Waals surface area contributed by atoms with Crippen LogP contribution in [-0.4, -0.2) is 23.8 Å². The molecule has 1 amide bonds. The zero-order chi connectivity index (χ0) is 21.8. The van der Waals surface area contributed by atoms with Gasteiger partial charge in [0.05, 0.1) is 12.0 Å². The fourth-order valence-corrected chi connectivity index (χ4v) is 4.40. The van der Waals surface area contributed by atoms with Crippen LogP contribution in [0.2, 0.25) is 0 Å². The number of carbonyl (C=O) groups is 2. The summed E-state index contributed by atoms with van der Waals surface area (Å²) >= 11 is 0. The van der Waals surface area contributed by atoms with Gasteiger partial charge < -0.3 is 15.2 Å². The minimum Gasteiger partial charge on any atom is -0.481 e. The lowest BCUT2D eigenvalue weighted by Crippen LogP contribution is -2.37. The molecule has 1 aliphatic rings. The van der Waals surface area contributed by atoms with Crippen LogP contribution in [0.1, 0.15) is 42.0 Å². The number of carboxylic acid groups (broad SMARTS) is 1. The summed E-state index contributed by atoms with van der Waals surface area (Å²) in [5, 5.41) is 12.4. The van der Waals surface area contributed by atoms with E-state index >= 15 is 0 Å². The lowest BCUT2D eigenvalue weighted by molar-refractivity contribution is -0.142. The average Bonchev–Trinajstić information content (AvgIpc) is 3.12. The first-order chi connectivity index (χ1) is 15.1. The van der Waals surface area contributed by atoms with Crippen molar-refractivity contribution in [2.75, 3.05) is 6.61 Å². The molecule has 5 nitrogen and oxygen atoms in total. The Balaban J connectivity index is 1.51. The number of benzene rings is 3. The van der Waals surface area contributed by atoms with Crippen molar-refractivity contribution in [3.63, 3.8) is 0 Å². The van der Waals surface area contributed by atoms with E-state index in [2.05, 4.69) is 29.6 Å².